The molecule has 1 aliphatic rings. The van der Waals surface area contributed by atoms with E-state index >= 15 is 0 Å². The van der Waals surface area contributed by atoms with E-state index in [2.05, 4.69) is 17.2 Å². The van der Waals surface area contributed by atoms with E-state index in [-0.39, 0.29) is 17.6 Å². The summed E-state index contributed by atoms with van der Waals surface area (Å²) in [5.41, 5.74) is 5.81. The van der Waals surface area contributed by atoms with Gasteiger partial charge in [0.2, 0.25) is 0 Å². The minimum absolute atomic E-state index is 0.205. The van der Waals surface area contributed by atoms with Crippen molar-refractivity contribution in [2.75, 3.05) is 11.5 Å². The summed E-state index contributed by atoms with van der Waals surface area (Å²) in [6.45, 7) is 2.14. The van der Waals surface area contributed by atoms with Crippen molar-refractivity contribution in [3.63, 3.8) is 0 Å². The first kappa shape index (κ1) is 14.5. The Hall–Kier alpha value is -0.940. The van der Waals surface area contributed by atoms with Crippen LogP contribution >= 0.6 is 23.4 Å². The van der Waals surface area contributed by atoms with Crippen molar-refractivity contribution in [2.24, 2.45) is 0 Å². The Bertz CT molecular complexity index is 469. The fourth-order valence-electron chi connectivity index (χ4n) is 2.36. The van der Waals surface area contributed by atoms with Crippen LogP contribution in [0.15, 0.2) is 12.1 Å². The molecule has 104 valence electrons. The number of thioether (sulfide) groups is 1. The highest BCUT2D eigenvalue weighted by Crippen LogP contribution is 2.30. The molecule has 1 fully saturated rings. The minimum Gasteiger partial charge on any atom is -0.384 e. The zero-order chi connectivity index (χ0) is 13.8. The number of hydrogen-bond donors (Lipinski definition) is 2. The Morgan fingerprint density at radius 2 is 2.37 bits per heavy atom. The Labute approximate surface area is 122 Å². The number of nitrogens with two attached hydrogens (primary N) is 1. The van der Waals surface area contributed by atoms with Crippen molar-refractivity contribution in [3.05, 3.63) is 22.8 Å². The molecular weight excluding hydrogens is 282 g/mol. The third-order valence-electron chi connectivity index (χ3n) is 3.23. The van der Waals surface area contributed by atoms with Crippen molar-refractivity contribution in [2.45, 2.75) is 37.5 Å². The number of carbonyl (C=O) groups is 1. The van der Waals surface area contributed by atoms with Crippen LogP contribution in [-0.2, 0) is 0 Å². The Morgan fingerprint density at radius 1 is 1.58 bits per heavy atom. The topological polar surface area (TPSA) is 68.0 Å². The van der Waals surface area contributed by atoms with Crippen LogP contribution in [0, 0.1) is 0 Å². The van der Waals surface area contributed by atoms with E-state index in [1.54, 1.807) is 12.1 Å². The van der Waals surface area contributed by atoms with Gasteiger partial charge in [-0.1, -0.05) is 24.9 Å². The maximum atomic E-state index is 12.2. The zero-order valence-corrected chi connectivity index (χ0v) is 12.4. The molecular formula is C13H18ClN3OS. The lowest BCUT2D eigenvalue weighted by Gasteiger charge is -2.20. The Kier molecular flexibility index (Phi) is 4.93. The smallest absolute Gasteiger partial charge is 0.271 e. The maximum Gasteiger partial charge on any atom is 0.271 e. The van der Waals surface area contributed by atoms with Gasteiger partial charge in [-0.2, -0.15) is 11.8 Å². The number of rotatable bonds is 4. The second-order valence-corrected chi connectivity index (χ2v) is 6.49. The molecule has 4 nitrogen and oxygen atoms in total. The number of pyridine rings is 1. The maximum absolute atomic E-state index is 12.2. The van der Waals surface area contributed by atoms with Gasteiger partial charge in [0.05, 0.1) is 5.02 Å². The molecule has 0 bridgehead atoms. The summed E-state index contributed by atoms with van der Waals surface area (Å²) in [6.07, 6.45) is 3.32. The number of hydrogen-bond acceptors (Lipinski definition) is 4. The number of anilines is 1. The largest absolute Gasteiger partial charge is 0.384 e. The quantitative estimate of drug-likeness (QED) is 0.897. The summed E-state index contributed by atoms with van der Waals surface area (Å²) in [4.78, 5) is 16.2. The Balaban J connectivity index is 2.06. The van der Waals surface area contributed by atoms with Gasteiger partial charge in [-0.05, 0) is 30.7 Å². The van der Waals surface area contributed by atoms with Crippen LogP contribution in [0.3, 0.4) is 0 Å². The van der Waals surface area contributed by atoms with Crippen LogP contribution < -0.4 is 11.1 Å². The summed E-state index contributed by atoms with van der Waals surface area (Å²) >= 11 is 7.89. The van der Waals surface area contributed by atoms with Crippen LogP contribution in [0.4, 0.5) is 5.82 Å². The molecule has 1 heterocycles. The molecule has 2 atom stereocenters. The monoisotopic (exact) mass is 299 g/mol. The van der Waals surface area contributed by atoms with Gasteiger partial charge in [0.25, 0.3) is 5.91 Å². The van der Waals surface area contributed by atoms with Crippen molar-refractivity contribution in [3.8, 4) is 0 Å². The normalized spacial score (nSPS) is 22.4. The van der Waals surface area contributed by atoms with E-state index in [0.29, 0.717) is 16.1 Å². The molecule has 2 unspecified atom stereocenters. The van der Waals surface area contributed by atoms with Gasteiger partial charge in [0.15, 0.2) is 0 Å². The highest BCUT2D eigenvalue weighted by atomic mass is 35.5. The first-order valence-corrected chi connectivity index (χ1v) is 7.89. The number of aromatic nitrogens is 1. The molecule has 6 heteroatoms. The fraction of sp³-hybridized carbons (Fsp3) is 0.538. The number of nitrogens with zero attached hydrogens (tertiary/aromatic N) is 1. The van der Waals surface area contributed by atoms with Gasteiger partial charge in [0, 0.05) is 11.3 Å². The Morgan fingerprint density at radius 3 is 3.11 bits per heavy atom. The second-order valence-electron chi connectivity index (χ2n) is 4.57. The third-order valence-corrected chi connectivity index (χ3v) is 4.86. The second kappa shape index (κ2) is 6.48. The van der Waals surface area contributed by atoms with Gasteiger partial charge in [-0.3, -0.25) is 4.79 Å². The van der Waals surface area contributed by atoms with Crippen LogP contribution in [0.25, 0.3) is 0 Å². The van der Waals surface area contributed by atoms with Gasteiger partial charge >= 0.3 is 0 Å². The molecule has 1 saturated carbocycles. The fourth-order valence-corrected chi connectivity index (χ4v) is 3.75. The lowest BCUT2D eigenvalue weighted by molar-refractivity contribution is 0.0934. The van der Waals surface area contributed by atoms with E-state index in [0.717, 1.165) is 25.0 Å². The number of nitrogen functional groups attached to an aromatic ring is 1. The molecule has 1 aliphatic carbocycles. The van der Waals surface area contributed by atoms with Gasteiger partial charge in [-0.25, -0.2) is 4.98 Å². The van der Waals surface area contributed by atoms with Crippen LogP contribution in [0.5, 0.6) is 0 Å². The van der Waals surface area contributed by atoms with Gasteiger partial charge in [0.1, 0.15) is 11.5 Å². The number of carbonyl (C=O) groups excluding carboxylic acids is 1. The molecule has 1 amide bonds. The molecule has 0 spiro atoms. The molecule has 1 aromatic rings. The number of halogens is 1. The van der Waals surface area contributed by atoms with E-state index in [4.69, 9.17) is 17.3 Å². The predicted octanol–water partition coefficient (Wildman–Crippen LogP) is 2.72. The average molecular weight is 300 g/mol. The van der Waals surface area contributed by atoms with Crippen molar-refractivity contribution < 1.29 is 4.79 Å². The molecule has 0 radical (unpaired) electrons. The standard InChI is InChI=1S/C13H18ClN3OS/c1-2-19-10-5-3-4-9(10)16-13(18)12-8(14)6-7-11(15)17-12/h6-7,9-10H,2-5H2,1H3,(H2,15,17)(H,16,18). The highest BCUT2D eigenvalue weighted by Gasteiger charge is 2.29. The predicted molar refractivity (Wildman–Crippen MR) is 80.7 cm³/mol. The molecule has 0 aromatic carbocycles. The molecule has 1 aromatic heterocycles. The molecule has 2 rings (SSSR count). The highest BCUT2D eigenvalue weighted by molar-refractivity contribution is 7.99. The molecule has 0 saturated heterocycles. The molecule has 19 heavy (non-hydrogen) atoms. The third kappa shape index (κ3) is 3.54. The summed E-state index contributed by atoms with van der Waals surface area (Å²) in [5, 5.41) is 3.87. The molecule has 0 aliphatic heterocycles. The van der Waals surface area contributed by atoms with Gasteiger partial charge in [-0.15, -0.1) is 0 Å². The summed E-state index contributed by atoms with van der Waals surface area (Å²) in [7, 11) is 0. The first-order chi connectivity index (χ1) is 9.11. The average Bonchev–Trinajstić information content (AvgIpc) is 2.80. The van der Waals surface area contributed by atoms with Crippen molar-refractivity contribution >= 4 is 35.1 Å². The zero-order valence-electron chi connectivity index (χ0n) is 10.9. The minimum atomic E-state index is -0.231. The van der Waals surface area contributed by atoms with Crippen LogP contribution in [-0.4, -0.2) is 27.9 Å². The van der Waals surface area contributed by atoms with Gasteiger partial charge < -0.3 is 11.1 Å². The van der Waals surface area contributed by atoms with E-state index < -0.39 is 0 Å². The molecule has 3 N–H and O–H groups in total. The number of amides is 1. The summed E-state index contributed by atoms with van der Waals surface area (Å²) in [5.74, 6) is 1.14. The lowest BCUT2D eigenvalue weighted by atomic mass is 10.2. The lowest BCUT2D eigenvalue weighted by Crippen LogP contribution is -2.39. The van der Waals surface area contributed by atoms with E-state index in [9.17, 15) is 4.79 Å². The summed E-state index contributed by atoms with van der Waals surface area (Å²) in [6, 6.07) is 3.40. The van der Waals surface area contributed by atoms with Crippen molar-refractivity contribution in [1.29, 1.82) is 0 Å². The first-order valence-electron chi connectivity index (χ1n) is 6.46. The summed E-state index contributed by atoms with van der Waals surface area (Å²) < 4.78 is 0. The van der Waals surface area contributed by atoms with E-state index in [1.165, 1.54) is 0 Å². The van der Waals surface area contributed by atoms with E-state index in [1.807, 2.05) is 11.8 Å². The number of nitrogens with one attached hydrogen (secondary N) is 1. The van der Waals surface area contributed by atoms with Crippen molar-refractivity contribution in [1.82, 2.24) is 10.3 Å². The SMILES string of the molecule is CCSC1CCCC1NC(=O)c1nc(N)ccc1Cl. The van der Waals surface area contributed by atoms with Crippen LogP contribution in [0.1, 0.15) is 36.7 Å². The van der Waals surface area contributed by atoms with Crippen LogP contribution in [0.2, 0.25) is 5.02 Å².